The van der Waals surface area contributed by atoms with Crippen LogP contribution in [-0.4, -0.2) is 0 Å². The zero-order chi connectivity index (χ0) is 13.1. The van der Waals surface area contributed by atoms with Gasteiger partial charge in [-0.25, -0.2) is 4.39 Å². The van der Waals surface area contributed by atoms with Crippen molar-refractivity contribution in [2.24, 2.45) is 0 Å². The Hall–Kier alpha value is -0.870. The molecule has 2 aromatic rings. The van der Waals surface area contributed by atoms with Crippen LogP contribution >= 0.6 is 27.3 Å². The lowest BCUT2D eigenvalue weighted by Gasteiger charge is -2.14. The van der Waals surface area contributed by atoms with Gasteiger partial charge in [0.05, 0.1) is 11.7 Å². The van der Waals surface area contributed by atoms with Crippen molar-refractivity contribution in [3.63, 3.8) is 0 Å². The highest BCUT2D eigenvalue weighted by Crippen LogP contribution is 2.28. The Labute approximate surface area is 119 Å². The molecule has 1 atom stereocenters. The second kappa shape index (κ2) is 5.85. The number of halogens is 2. The molecule has 4 heteroatoms. The summed E-state index contributed by atoms with van der Waals surface area (Å²) in [6.45, 7) is 4.19. The summed E-state index contributed by atoms with van der Waals surface area (Å²) >= 11 is 5.13. The molecule has 0 aliphatic rings. The molecule has 1 N–H and O–H groups in total. The standard InChI is InChI=1S/C14H15BrFNS/c1-3-11-5-7-14(18-11)9(2)17-13-8-10(15)4-6-12(13)16/h4-9,17H,3H2,1-2H3. The van der Waals surface area contributed by atoms with E-state index in [-0.39, 0.29) is 11.9 Å². The van der Waals surface area contributed by atoms with Crippen LogP contribution in [0.4, 0.5) is 10.1 Å². The third-order valence-corrected chi connectivity index (χ3v) is 4.66. The number of nitrogens with one attached hydrogen (secondary N) is 1. The summed E-state index contributed by atoms with van der Waals surface area (Å²) < 4.78 is 14.5. The van der Waals surface area contributed by atoms with E-state index in [1.54, 1.807) is 23.5 Å². The Kier molecular flexibility index (Phi) is 4.40. The lowest BCUT2D eigenvalue weighted by molar-refractivity contribution is 0.627. The molecule has 0 bridgehead atoms. The first kappa shape index (κ1) is 13.6. The maximum atomic E-state index is 13.6. The van der Waals surface area contributed by atoms with E-state index in [1.807, 2.05) is 6.92 Å². The lowest BCUT2D eigenvalue weighted by atomic mass is 10.2. The van der Waals surface area contributed by atoms with Gasteiger partial charge in [-0.15, -0.1) is 11.3 Å². The molecule has 18 heavy (non-hydrogen) atoms. The number of hydrogen-bond donors (Lipinski definition) is 1. The Morgan fingerprint density at radius 2 is 2.11 bits per heavy atom. The van der Waals surface area contributed by atoms with Gasteiger partial charge >= 0.3 is 0 Å². The molecule has 0 saturated carbocycles. The highest BCUT2D eigenvalue weighted by Gasteiger charge is 2.11. The number of rotatable bonds is 4. The molecular formula is C14H15BrFNS. The highest BCUT2D eigenvalue weighted by molar-refractivity contribution is 9.10. The molecule has 1 aromatic carbocycles. The molecule has 0 radical (unpaired) electrons. The second-order valence-electron chi connectivity index (χ2n) is 4.15. The molecule has 1 heterocycles. The van der Waals surface area contributed by atoms with Crippen molar-refractivity contribution in [3.8, 4) is 0 Å². The van der Waals surface area contributed by atoms with E-state index >= 15 is 0 Å². The second-order valence-corrected chi connectivity index (χ2v) is 6.26. The largest absolute Gasteiger partial charge is 0.375 e. The molecular weight excluding hydrogens is 313 g/mol. The normalized spacial score (nSPS) is 12.4. The van der Waals surface area contributed by atoms with Gasteiger partial charge in [0.2, 0.25) is 0 Å². The van der Waals surface area contributed by atoms with E-state index in [4.69, 9.17) is 0 Å². The first-order valence-electron chi connectivity index (χ1n) is 5.90. The molecule has 1 nitrogen and oxygen atoms in total. The predicted molar refractivity (Wildman–Crippen MR) is 79.8 cm³/mol. The van der Waals surface area contributed by atoms with Gasteiger partial charge in [0.25, 0.3) is 0 Å². The van der Waals surface area contributed by atoms with Crippen LogP contribution in [0.5, 0.6) is 0 Å². The van der Waals surface area contributed by atoms with E-state index < -0.39 is 0 Å². The smallest absolute Gasteiger partial charge is 0.146 e. The number of anilines is 1. The quantitative estimate of drug-likeness (QED) is 0.794. The highest BCUT2D eigenvalue weighted by atomic mass is 79.9. The van der Waals surface area contributed by atoms with Crippen LogP contribution in [0, 0.1) is 5.82 Å². The summed E-state index contributed by atoms with van der Waals surface area (Å²) in [7, 11) is 0. The fourth-order valence-electron chi connectivity index (χ4n) is 1.73. The zero-order valence-corrected chi connectivity index (χ0v) is 12.7. The van der Waals surface area contributed by atoms with Crippen LogP contribution in [0.25, 0.3) is 0 Å². The SMILES string of the molecule is CCc1ccc(C(C)Nc2cc(Br)ccc2F)s1. The molecule has 0 aliphatic carbocycles. The van der Waals surface area contributed by atoms with Gasteiger partial charge < -0.3 is 5.32 Å². The first-order chi connectivity index (χ1) is 8.60. The lowest BCUT2D eigenvalue weighted by Crippen LogP contribution is -2.06. The molecule has 0 fully saturated rings. The van der Waals surface area contributed by atoms with Crippen molar-refractivity contribution in [1.82, 2.24) is 0 Å². The van der Waals surface area contributed by atoms with E-state index in [9.17, 15) is 4.39 Å². The summed E-state index contributed by atoms with van der Waals surface area (Å²) in [6, 6.07) is 9.28. The summed E-state index contributed by atoms with van der Waals surface area (Å²) in [4.78, 5) is 2.58. The first-order valence-corrected chi connectivity index (χ1v) is 7.51. The van der Waals surface area contributed by atoms with Gasteiger partial charge in [-0.1, -0.05) is 22.9 Å². The minimum Gasteiger partial charge on any atom is -0.375 e. The molecule has 0 spiro atoms. The van der Waals surface area contributed by atoms with Crippen LogP contribution in [-0.2, 0) is 6.42 Å². The number of hydrogen-bond acceptors (Lipinski definition) is 2. The van der Waals surface area contributed by atoms with E-state index in [0.29, 0.717) is 5.69 Å². The van der Waals surface area contributed by atoms with Gasteiger partial charge in [0, 0.05) is 14.2 Å². The Morgan fingerprint density at radius 1 is 1.33 bits per heavy atom. The zero-order valence-electron chi connectivity index (χ0n) is 10.3. The van der Waals surface area contributed by atoms with E-state index in [2.05, 4.69) is 40.3 Å². The third kappa shape index (κ3) is 3.12. The van der Waals surface area contributed by atoms with Gasteiger partial charge in [0.1, 0.15) is 5.82 Å². The molecule has 2 rings (SSSR count). The number of thiophene rings is 1. The van der Waals surface area contributed by atoms with Crippen LogP contribution in [0.3, 0.4) is 0 Å². The van der Waals surface area contributed by atoms with Crippen molar-refractivity contribution in [2.45, 2.75) is 26.3 Å². The molecule has 96 valence electrons. The van der Waals surface area contributed by atoms with E-state index in [0.717, 1.165) is 10.9 Å². The van der Waals surface area contributed by atoms with Crippen LogP contribution in [0.1, 0.15) is 29.6 Å². The van der Waals surface area contributed by atoms with Crippen molar-refractivity contribution in [1.29, 1.82) is 0 Å². The molecule has 1 unspecified atom stereocenters. The average Bonchev–Trinajstić information content (AvgIpc) is 2.82. The minimum atomic E-state index is -0.225. The van der Waals surface area contributed by atoms with Crippen molar-refractivity contribution in [3.05, 3.63) is 50.4 Å². The molecule has 0 aliphatic heterocycles. The molecule has 1 aromatic heterocycles. The summed E-state index contributed by atoms with van der Waals surface area (Å²) in [5.74, 6) is -0.225. The minimum absolute atomic E-state index is 0.110. The molecule has 0 amide bonds. The average molecular weight is 328 g/mol. The Bertz CT molecular complexity index is 538. The van der Waals surface area contributed by atoms with Crippen molar-refractivity contribution >= 4 is 33.0 Å². The van der Waals surface area contributed by atoms with Gasteiger partial charge in [-0.05, 0) is 43.7 Å². The van der Waals surface area contributed by atoms with E-state index in [1.165, 1.54) is 15.8 Å². The van der Waals surface area contributed by atoms with Crippen LogP contribution in [0.2, 0.25) is 0 Å². The topological polar surface area (TPSA) is 12.0 Å². The summed E-state index contributed by atoms with van der Waals surface area (Å²) in [5, 5.41) is 3.21. The Balaban J connectivity index is 2.15. The predicted octanol–water partition coefficient (Wildman–Crippen LogP) is 5.39. The maximum absolute atomic E-state index is 13.6. The monoisotopic (exact) mass is 327 g/mol. The molecule has 0 saturated heterocycles. The third-order valence-electron chi connectivity index (χ3n) is 2.76. The van der Waals surface area contributed by atoms with Crippen molar-refractivity contribution in [2.75, 3.05) is 5.32 Å². The number of aryl methyl sites for hydroxylation is 1. The van der Waals surface area contributed by atoms with Gasteiger partial charge in [-0.2, -0.15) is 0 Å². The van der Waals surface area contributed by atoms with Crippen LogP contribution < -0.4 is 5.32 Å². The van der Waals surface area contributed by atoms with Gasteiger partial charge in [0.15, 0.2) is 0 Å². The number of benzene rings is 1. The fourth-order valence-corrected chi connectivity index (χ4v) is 3.05. The summed E-state index contributed by atoms with van der Waals surface area (Å²) in [6.07, 6.45) is 1.04. The van der Waals surface area contributed by atoms with Gasteiger partial charge in [-0.3, -0.25) is 0 Å². The Morgan fingerprint density at radius 3 is 2.78 bits per heavy atom. The summed E-state index contributed by atoms with van der Waals surface area (Å²) in [5.41, 5.74) is 0.531. The fraction of sp³-hybridized carbons (Fsp3) is 0.286. The van der Waals surface area contributed by atoms with Crippen LogP contribution in [0.15, 0.2) is 34.8 Å². The maximum Gasteiger partial charge on any atom is 0.146 e. The van der Waals surface area contributed by atoms with Crippen molar-refractivity contribution < 1.29 is 4.39 Å².